The zero-order valence-corrected chi connectivity index (χ0v) is 11.3. The van der Waals surface area contributed by atoms with E-state index in [1.165, 1.54) is 24.3 Å². The van der Waals surface area contributed by atoms with Crippen molar-refractivity contribution in [3.05, 3.63) is 59.7 Å². The third kappa shape index (κ3) is 4.22. The summed E-state index contributed by atoms with van der Waals surface area (Å²) in [6.07, 6.45) is 0. The fraction of sp³-hybridized carbons (Fsp3) is 0.0714. The van der Waals surface area contributed by atoms with E-state index in [9.17, 15) is 22.4 Å². The Morgan fingerprint density at radius 3 is 2.24 bits per heavy atom. The molecule has 2 aromatic rings. The van der Waals surface area contributed by atoms with Crippen molar-refractivity contribution in [1.29, 1.82) is 0 Å². The number of hydrogen-bond donors (Lipinski definition) is 1. The van der Waals surface area contributed by atoms with Crippen LogP contribution >= 0.6 is 11.8 Å². The summed E-state index contributed by atoms with van der Waals surface area (Å²) in [5.41, 5.74) is 0.322. The molecule has 2 aromatic carbocycles. The number of benzene rings is 2. The molecular weight excluding hydrogens is 306 g/mol. The number of carbonyl (C=O) groups excluding carboxylic acids is 1. The minimum atomic E-state index is -2.52. The summed E-state index contributed by atoms with van der Waals surface area (Å²) < 4.78 is 50.1. The molecule has 0 radical (unpaired) electrons. The third-order valence-electron chi connectivity index (χ3n) is 2.52. The number of thioether (sulfide) groups is 1. The van der Waals surface area contributed by atoms with E-state index in [0.717, 1.165) is 18.2 Å². The van der Waals surface area contributed by atoms with Crippen molar-refractivity contribution >= 4 is 23.4 Å². The average Bonchev–Trinajstić information content (AvgIpc) is 2.43. The first-order valence-corrected chi connectivity index (χ1v) is 6.65. The molecule has 0 spiro atoms. The number of hydrogen-bond acceptors (Lipinski definition) is 2. The maximum atomic E-state index is 13.0. The van der Waals surface area contributed by atoms with Gasteiger partial charge in [0.25, 0.3) is 11.7 Å². The Bertz CT molecular complexity index is 646. The molecule has 110 valence electrons. The Balaban J connectivity index is 2.06. The smallest absolute Gasteiger partial charge is 0.288 e. The monoisotopic (exact) mass is 315 g/mol. The fourth-order valence-corrected chi connectivity index (χ4v) is 2.06. The van der Waals surface area contributed by atoms with Gasteiger partial charge in [-0.1, -0.05) is 11.8 Å². The number of halogens is 4. The van der Waals surface area contributed by atoms with Crippen molar-refractivity contribution in [2.75, 3.05) is 5.32 Å². The standard InChI is InChI=1S/C14H9F4NOS/c15-11-6-1-8(7-12(11)16)13(20)19-9-2-4-10(5-3-9)21-14(17)18/h1-7,14H,(H,19,20). The van der Waals surface area contributed by atoms with Gasteiger partial charge < -0.3 is 5.32 Å². The van der Waals surface area contributed by atoms with Crippen LogP contribution in [0.4, 0.5) is 23.2 Å². The Hall–Kier alpha value is -2.02. The summed E-state index contributed by atoms with van der Waals surface area (Å²) in [7, 11) is 0. The zero-order valence-electron chi connectivity index (χ0n) is 10.4. The molecule has 1 N–H and O–H groups in total. The van der Waals surface area contributed by atoms with Crippen molar-refractivity contribution in [2.45, 2.75) is 10.7 Å². The third-order valence-corrected chi connectivity index (χ3v) is 3.24. The van der Waals surface area contributed by atoms with Gasteiger partial charge in [0, 0.05) is 16.1 Å². The summed E-state index contributed by atoms with van der Waals surface area (Å²) in [4.78, 5) is 12.2. The number of carbonyl (C=O) groups is 1. The second-order valence-electron chi connectivity index (χ2n) is 3.99. The Morgan fingerprint density at radius 1 is 1.00 bits per heavy atom. The fourth-order valence-electron chi connectivity index (χ4n) is 1.56. The molecule has 0 atom stereocenters. The van der Waals surface area contributed by atoms with Gasteiger partial charge in [-0.3, -0.25) is 4.79 Å². The quantitative estimate of drug-likeness (QED) is 0.663. The van der Waals surface area contributed by atoms with Crippen LogP contribution in [0.2, 0.25) is 0 Å². The number of alkyl halides is 2. The van der Waals surface area contributed by atoms with Crippen LogP contribution in [-0.4, -0.2) is 11.7 Å². The van der Waals surface area contributed by atoms with Crippen molar-refractivity contribution in [1.82, 2.24) is 0 Å². The highest BCUT2D eigenvalue weighted by molar-refractivity contribution is 7.99. The van der Waals surface area contributed by atoms with Gasteiger partial charge in [-0.2, -0.15) is 8.78 Å². The van der Waals surface area contributed by atoms with E-state index in [1.807, 2.05) is 0 Å². The lowest BCUT2D eigenvalue weighted by molar-refractivity contribution is 0.102. The van der Waals surface area contributed by atoms with E-state index in [2.05, 4.69) is 5.32 Å². The molecule has 0 aliphatic heterocycles. The van der Waals surface area contributed by atoms with Crippen molar-refractivity contribution in [2.24, 2.45) is 0 Å². The number of nitrogens with one attached hydrogen (secondary N) is 1. The molecule has 0 unspecified atom stereocenters. The molecule has 2 nitrogen and oxygen atoms in total. The minimum absolute atomic E-state index is 0.0417. The van der Waals surface area contributed by atoms with Gasteiger partial charge >= 0.3 is 0 Å². The Morgan fingerprint density at radius 2 is 1.67 bits per heavy atom. The van der Waals surface area contributed by atoms with Crippen LogP contribution < -0.4 is 5.32 Å². The van der Waals surface area contributed by atoms with E-state index in [4.69, 9.17) is 0 Å². The number of rotatable bonds is 4. The molecule has 0 saturated heterocycles. The largest absolute Gasteiger partial charge is 0.322 e. The van der Waals surface area contributed by atoms with Crippen LogP contribution in [0.25, 0.3) is 0 Å². The van der Waals surface area contributed by atoms with Gasteiger partial charge in [0.15, 0.2) is 11.6 Å². The summed E-state index contributed by atoms with van der Waals surface area (Å²) in [6, 6.07) is 8.54. The molecular formula is C14H9F4NOS. The van der Waals surface area contributed by atoms with E-state index in [-0.39, 0.29) is 5.56 Å². The van der Waals surface area contributed by atoms with Crippen LogP contribution in [-0.2, 0) is 0 Å². The van der Waals surface area contributed by atoms with Crippen LogP contribution in [0.1, 0.15) is 10.4 Å². The van der Waals surface area contributed by atoms with E-state index in [0.29, 0.717) is 22.3 Å². The van der Waals surface area contributed by atoms with Crippen molar-refractivity contribution < 1.29 is 22.4 Å². The van der Waals surface area contributed by atoms with Gasteiger partial charge in [-0.25, -0.2) is 8.78 Å². The van der Waals surface area contributed by atoms with Crippen LogP contribution in [0, 0.1) is 11.6 Å². The highest BCUT2D eigenvalue weighted by atomic mass is 32.2. The minimum Gasteiger partial charge on any atom is -0.322 e. The van der Waals surface area contributed by atoms with Crippen LogP contribution in [0.15, 0.2) is 47.4 Å². The molecule has 0 aromatic heterocycles. The Kier molecular flexibility index (Phi) is 4.85. The Labute approximate surface area is 122 Å². The van der Waals surface area contributed by atoms with Crippen LogP contribution in [0.5, 0.6) is 0 Å². The zero-order chi connectivity index (χ0) is 15.4. The summed E-state index contributed by atoms with van der Waals surface area (Å²) >= 11 is 0.389. The number of anilines is 1. The summed E-state index contributed by atoms with van der Waals surface area (Å²) in [5.74, 6) is -5.30. The summed E-state index contributed by atoms with van der Waals surface area (Å²) in [6.45, 7) is 0. The average molecular weight is 315 g/mol. The highest BCUT2D eigenvalue weighted by Gasteiger charge is 2.10. The lowest BCUT2D eigenvalue weighted by Crippen LogP contribution is -2.12. The molecule has 0 aliphatic carbocycles. The predicted octanol–water partition coefficient (Wildman–Crippen LogP) is 4.53. The van der Waals surface area contributed by atoms with Crippen molar-refractivity contribution in [3.63, 3.8) is 0 Å². The predicted molar refractivity (Wildman–Crippen MR) is 72.6 cm³/mol. The normalized spacial score (nSPS) is 10.7. The molecule has 0 fully saturated rings. The summed E-state index contributed by atoms with van der Waals surface area (Å²) in [5, 5.41) is 2.46. The molecule has 21 heavy (non-hydrogen) atoms. The van der Waals surface area contributed by atoms with E-state index < -0.39 is 23.3 Å². The van der Waals surface area contributed by atoms with Crippen LogP contribution in [0.3, 0.4) is 0 Å². The molecule has 2 rings (SSSR count). The van der Waals surface area contributed by atoms with Crippen molar-refractivity contribution in [3.8, 4) is 0 Å². The molecule has 1 amide bonds. The molecule has 0 bridgehead atoms. The van der Waals surface area contributed by atoms with Gasteiger partial charge in [0.1, 0.15) is 0 Å². The van der Waals surface area contributed by atoms with Gasteiger partial charge in [-0.05, 0) is 42.5 Å². The van der Waals surface area contributed by atoms with Gasteiger partial charge in [-0.15, -0.1) is 0 Å². The van der Waals surface area contributed by atoms with E-state index in [1.54, 1.807) is 0 Å². The second-order valence-corrected chi connectivity index (χ2v) is 5.05. The topological polar surface area (TPSA) is 29.1 Å². The SMILES string of the molecule is O=C(Nc1ccc(SC(F)F)cc1)c1ccc(F)c(F)c1. The first-order chi connectivity index (χ1) is 9.95. The van der Waals surface area contributed by atoms with Gasteiger partial charge in [0.2, 0.25) is 0 Å². The van der Waals surface area contributed by atoms with E-state index >= 15 is 0 Å². The first-order valence-electron chi connectivity index (χ1n) is 5.77. The molecule has 7 heteroatoms. The first kappa shape index (κ1) is 15.4. The maximum Gasteiger partial charge on any atom is 0.288 e. The number of amides is 1. The second kappa shape index (κ2) is 6.62. The molecule has 0 saturated carbocycles. The van der Waals surface area contributed by atoms with Gasteiger partial charge in [0.05, 0.1) is 0 Å². The lowest BCUT2D eigenvalue weighted by atomic mass is 10.2. The highest BCUT2D eigenvalue weighted by Crippen LogP contribution is 2.26. The molecule has 0 heterocycles. The lowest BCUT2D eigenvalue weighted by Gasteiger charge is -2.07. The molecule has 0 aliphatic rings. The maximum absolute atomic E-state index is 13.0.